The van der Waals surface area contributed by atoms with E-state index < -0.39 is 11.1 Å². The van der Waals surface area contributed by atoms with Crippen molar-refractivity contribution in [3.63, 3.8) is 0 Å². The van der Waals surface area contributed by atoms with Crippen LogP contribution in [-0.2, 0) is 6.54 Å². The molecule has 3 heterocycles. The van der Waals surface area contributed by atoms with Gasteiger partial charge in [-0.1, -0.05) is 5.16 Å². The molecule has 0 spiro atoms. The van der Waals surface area contributed by atoms with Gasteiger partial charge in [-0.3, -0.25) is 9.59 Å². The topological polar surface area (TPSA) is 112 Å². The second kappa shape index (κ2) is 6.08. The van der Waals surface area contributed by atoms with Gasteiger partial charge in [-0.25, -0.2) is 0 Å². The average Bonchev–Trinajstić information content (AvgIpc) is 3.37. The summed E-state index contributed by atoms with van der Waals surface area (Å²) in [6.45, 7) is 2.39. The summed E-state index contributed by atoms with van der Waals surface area (Å²) in [6, 6.07) is 10.6. The fraction of sp³-hybridized carbons (Fsp3) is 0.158. The number of rotatable bonds is 3. The van der Waals surface area contributed by atoms with Crippen molar-refractivity contribution >= 4 is 11.0 Å². The van der Waals surface area contributed by atoms with Crippen molar-refractivity contribution in [2.24, 2.45) is 0 Å². The first kappa shape index (κ1) is 16.3. The highest BCUT2D eigenvalue weighted by Crippen LogP contribution is 2.35. The van der Waals surface area contributed by atoms with E-state index in [4.69, 9.17) is 14.0 Å². The van der Waals surface area contributed by atoms with Gasteiger partial charge in [0.1, 0.15) is 0 Å². The molecule has 5 rings (SSSR count). The van der Waals surface area contributed by atoms with Gasteiger partial charge >= 0.3 is 11.1 Å². The molecule has 0 amide bonds. The van der Waals surface area contributed by atoms with Crippen LogP contribution in [0.15, 0.2) is 50.5 Å². The molecule has 0 saturated heterocycles. The average molecular weight is 378 g/mol. The van der Waals surface area contributed by atoms with E-state index in [0.717, 1.165) is 0 Å². The lowest BCUT2D eigenvalue weighted by Gasteiger charge is -2.07. The van der Waals surface area contributed by atoms with Crippen molar-refractivity contribution in [2.75, 3.05) is 6.79 Å². The van der Waals surface area contributed by atoms with Crippen molar-refractivity contribution in [2.45, 2.75) is 13.5 Å². The first-order valence-electron chi connectivity index (χ1n) is 8.65. The van der Waals surface area contributed by atoms with Crippen molar-refractivity contribution in [1.82, 2.24) is 19.7 Å². The number of nitrogens with one attached hydrogen (secondary N) is 1. The zero-order chi connectivity index (χ0) is 19.3. The summed E-state index contributed by atoms with van der Waals surface area (Å²) >= 11 is 0. The van der Waals surface area contributed by atoms with Gasteiger partial charge in [0.05, 0.1) is 11.0 Å². The van der Waals surface area contributed by atoms with Gasteiger partial charge in [-0.15, -0.1) is 0 Å². The van der Waals surface area contributed by atoms with E-state index in [2.05, 4.69) is 15.1 Å². The van der Waals surface area contributed by atoms with Crippen LogP contribution in [-0.4, -0.2) is 26.5 Å². The van der Waals surface area contributed by atoms with E-state index in [-0.39, 0.29) is 6.79 Å². The lowest BCUT2D eigenvalue weighted by atomic mass is 10.1. The summed E-state index contributed by atoms with van der Waals surface area (Å²) in [4.78, 5) is 30.9. The largest absolute Gasteiger partial charge is 0.454 e. The minimum Gasteiger partial charge on any atom is -0.454 e. The number of ether oxygens (including phenoxy) is 2. The molecule has 1 N–H and O–H groups in total. The normalized spacial score (nSPS) is 12.6. The summed E-state index contributed by atoms with van der Waals surface area (Å²) in [7, 11) is 0. The summed E-state index contributed by atoms with van der Waals surface area (Å²) in [5.41, 5.74) is 1.28. The Morgan fingerprint density at radius 3 is 2.75 bits per heavy atom. The van der Waals surface area contributed by atoms with Gasteiger partial charge < -0.3 is 23.5 Å². The Balaban J connectivity index is 1.57. The standard InChI is InChI=1S/C19H14N4O5/c1-2-23-13-5-3-10(7-12(13)20-17(24)19(23)25)16-21-18(28-22-16)11-4-6-14-15(8-11)27-9-26-14/h3-8H,2,9H2,1H3,(H,20,24). The molecular weight excluding hydrogens is 364 g/mol. The number of hydrogen-bond donors (Lipinski definition) is 1. The van der Waals surface area contributed by atoms with E-state index in [1.165, 1.54) is 4.57 Å². The Kier molecular flexibility index (Phi) is 3.54. The minimum atomic E-state index is -0.666. The van der Waals surface area contributed by atoms with Crippen molar-refractivity contribution in [3.05, 3.63) is 57.1 Å². The molecule has 2 aromatic heterocycles. The number of fused-ring (bicyclic) bond motifs is 2. The molecule has 1 aliphatic rings. The molecule has 0 radical (unpaired) electrons. The lowest BCUT2D eigenvalue weighted by Crippen LogP contribution is -2.35. The van der Waals surface area contributed by atoms with Crippen LogP contribution in [0.4, 0.5) is 0 Å². The Morgan fingerprint density at radius 1 is 1.07 bits per heavy atom. The third kappa shape index (κ3) is 2.48. The van der Waals surface area contributed by atoms with Crippen LogP contribution >= 0.6 is 0 Å². The maximum absolute atomic E-state index is 12.0. The van der Waals surface area contributed by atoms with Gasteiger partial charge in [0.2, 0.25) is 12.6 Å². The van der Waals surface area contributed by atoms with Crippen LogP contribution in [0, 0.1) is 0 Å². The number of H-pyrrole nitrogens is 1. The molecule has 0 bridgehead atoms. The lowest BCUT2D eigenvalue weighted by molar-refractivity contribution is 0.174. The van der Waals surface area contributed by atoms with Gasteiger partial charge in [0, 0.05) is 17.7 Å². The zero-order valence-electron chi connectivity index (χ0n) is 14.8. The highest BCUT2D eigenvalue weighted by molar-refractivity contribution is 5.80. The molecule has 140 valence electrons. The zero-order valence-corrected chi connectivity index (χ0v) is 14.8. The highest BCUT2D eigenvalue weighted by atomic mass is 16.7. The SMILES string of the molecule is CCn1c(=O)c(=O)[nH]c2cc(-c3noc(-c4ccc5c(c4)OCO5)n3)ccc21. The fourth-order valence-electron chi connectivity index (χ4n) is 3.22. The molecule has 4 aromatic rings. The van der Waals surface area contributed by atoms with E-state index >= 15 is 0 Å². The predicted molar refractivity (Wildman–Crippen MR) is 99.4 cm³/mol. The summed E-state index contributed by atoms with van der Waals surface area (Å²) in [6.07, 6.45) is 0. The molecule has 0 saturated carbocycles. The van der Waals surface area contributed by atoms with Crippen LogP contribution < -0.4 is 20.6 Å². The molecule has 1 aliphatic heterocycles. The van der Waals surface area contributed by atoms with Gasteiger partial charge in [-0.2, -0.15) is 4.98 Å². The predicted octanol–water partition coefficient (Wildman–Crippen LogP) is 2.16. The van der Waals surface area contributed by atoms with Crippen LogP contribution in [0.1, 0.15) is 6.92 Å². The molecule has 0 aliphatic carbocycles. The van der Waals surface area contributed by atoms with E-state index in [1.807, 2.05) is 13.0 Å². The maximum Gasteiger partial charge on any atom is 0.316 e. The molecular formula is C19H14N4O5. The number of aromatic amines is 1. The monoisotopic (exact) mass is 378 g/mol. The fourth-order valence-corrected chi connectivity index (χ4v) is 3.22. The Labute approximate surface area is 157 Å². The number of aryl methyl sites for hydroxylation is 1. The molecule has 0 unspecified atom stereocenters. The quantitative estimate of drug-likeness (QED) is 0.544. The van der Waals surface area contributed by atoms with Crippen molar-refractivity contribution < 1.29 is 14.0 Å². The maximum atomic E-state index is 12.0. The molecule has 9 nitrogen and oxygen atoms in total. The first-order valence-corrected chi connectivity index (χ1v) is 8.65. The van der Waals surface area contributed by atoms with Crippen LogP contribution in [0.25, 0.3) is 33.9 Å². The number of benzene rings is 2. The van der Waals surface area contributed by atoms with Crippen molar-refractivity contribution in [1.29, 1.82) is 0 Å². The van der Waals surface area contributed by atoms with Crippen molar-refractivity contribution in [3.8, 4) is 34.3 Å². The minimum absolute atomic E-state index is 0.187. The Morgan fingerprint density at radius 2 is 1.89 bits per heavy atom. The Bertz CT molecular complexity index is 1330. The molecule has 28 heavy (non-hydrogen) atoms. The van der Waals surface area contributed by atoms with E-state index in [1.54, 1.807) is 30.3 Å². The third-order valence-electron chi connectivity index (χ3n) is 4.59. The van der Waals surface area contributed by atoms with Gasteiger partial charge in [-0.05, 0) is 43.3 Å². The van der Waals surface area contributed by atoms with E-state index in [9.17, 15) is 9.59 Å². The summed E-state index contributed by atoms with van der Waals surface area (Å²) in [5, 5.41) is 4.03. The van der Waals surface area contributed by atoms with Crippen LogP contribution in [0.5, 0.6) is 11.5 Å². The first-order chi connectivity index (χ1) is 13.6. The second-order valence-electron chi connectivity index (χ2n) is 6.23. The summed E-state index contributed by atoms with van der Waals surface area (Å²) < 4.78 is 17.5. The number of aromatic nitrogens is 4. The van der Waals surface area contributed by atoms with Gasteiger partial charge in [0.25, 0.3) is 5.89 Å². The molecule has 0 fully saturated rings. The van der Waals surface area contributed by atoms with E-state index in [0.29, 0.717) is 51.9 Å². The molecule has 9 heteroatoms. The Hall–Kier alpha value is -3.88. The van der Waals surface area contributed by atoms with Crippen LogP contribution in [0.3, 0.4) is 0 Å². The smallest absolute Gasteiger partial charge is 0.316 e. The number of hydrogen-bond acceptors (Lipinski definition) is 7. The molecule has 0 atom stereocenters. The molecule has 2 aromatic carbocycles. The van der Waals surface area contributed by atoms with Gasteiger partial charge in [0.15, 0.2) is 11.5 Å². The summed E-state index contributed by atoms with van der Waals surface area (Å²) in [5.74, 6) is 1.99. The number of nitrogens with zero attached hydrogens (tertiary/aromatic N) is 3. The van der Waals surface area contributed by atoms with Crippen LogP contribution in [0.2, 0.25) is 0 Å². The third-order valence-corrected chi connectivity index (χ3v) is 4.59. The second-order valence-corrected chi connectivity index (χ2v) is 6.23. The highest BCUT2D eigenvalue weighted by Gasteiger charge is 2.18.